The molecule has 0 spiro atoms. The summed E-state index contributed by atoms with van der Waals surface area (Å²) in [4.78, 5) is 37.3. The Balaban J connectivity index is 1.82. The van der Waals surface area contributed by atoms with Crippen molar-refractivity contribution in [3.8, 4) is 0 Å². The number of esters is 1. The summed E-state index contributed by atoms with van der Waals surface area (Å²) in [7, 11) is 0. The van der Waals surface area contributed by atoms with Crippen LogP contribution in [0.3, 0.4) is 0 Å². The van der Waals surface area contributed by atoms with E-state index in [1.165, 1.54) is 0 Å². The average molecular weight is 434 g/mol. The van der Waals surface area contributed by atoms with Gasteiger partial charge in [0.05, 0.1) is 0 Å². The summed E-state index contributed by atoms with van der Waals surface area (Å²) < 4.78 is 11.5. The maximum absolute atomic E-state index is 11.9. The molecule has 1 fully saturated rings. The minimum Gasteiger partial charge on any atom is -0.480 e. The number of carbonyl (C=O) groups excluding carboxylic acids is 2. The zero-order chi connectivity index (χ0) is 21.7. The monoisotopic (exact) mass is 434 g/mol. The number of aliphatic hydroxyl groups excluding tert-OH is 2. The van der Waals surface area contributed by atoms with Crippen LogP contribution in [0.2, 0.25) is 0 Å². The van der Waals surface area contributed by atoms with Gasteiger partial charge in [0.1, 0.15) is 43.3 Å². The quantitative estimate of drug-likeness (QED) is 0.193. The molecular formula is C14H22N6O8S. The lowest BCUT2D eigenvalue weighted by atomic mass is 10.1. The fourth-order valence-corrected chi connectivity index (χ4v) is 3.25. The molecule has 0 saturated carbocycles. The van der Waals surface area contributed by atoms with Gasteiger partial charge in [-0.05, 0) is 0 Å². The fourth-order valence-electron chi connectivity index (χ4n) is 2.33. The van der Waals surface area contributed by atoms with Gasteiger partial charge in [-0.1, -0.05) is 0 Å². The number of nitrogens with two attached hydrogens (primary N) is 3. The molecule has 2 rings (SSSR count). The Morgan fingerprint density at radius 1 is 1.24 bits per heavy atom. The number of aromatic nitrogens is 3. The summed E-state index contributed by atoms with van der Waals surface area (Å²) in [6.45, 7) is -0.405. The highest BCUT2D eigenvalue weighted by Gasteiger charge is 2.45. The molecule has 1 amide bonds. The molecule has 29 heavy (non-hydrogen) atoms. The molecule has 0 radical (unpaired) electrons. The van der Waals surface area contributed by atoms with Crippen molar-refractivity contribution in [2.24, 2.45) is 17.2 Å². The lowest BCUT2D eigenvalue weighted by molar-refractivity contribution is -0.151. The second-order valence-electron chi connectivity index (χ2n) is 6.18. The highest BCUT2D eigenvalue weighted by molar-refractivity contribution is 7.99. The van der Waals surface area contributed by atoms with Crippen molar-refractivity contribution in [2.75, 3.05) is 18.1 Å². The third-order valence-electron chi connectivity index (χ3n) is 3.93. The molecule has 1 aromatic heterocycles. The van der Waals surface area contributed by atoms with Crippen LogP contribution in [0.5, 0.6) is 0 Å². The molecule has 15 heteroatoms. The van der Waals surface area contributed by atoms with Gasteiger partial charge in [-0.2, -0.15) is 11.8 Å². The van der Waals surface area contributed by atoms with Crippen LogP contribution in [-0.4, -0.2) is 96.4 Å². The minimum atomic E-state index is -1.43. The summed E-state index contributed by atoms with van der Waals surface area (Å²) >= 11 is 1.08. The smallest absolute Gasteiger partial charge is 0.323 e. The van der Waals surface area contributed by atoms with Crippen molar-refractivity contribution in [1.82, 2.24) is 14.8 Å². The summed E-state index contributed by atoms with van der Waals surface area (Å²) in [5.74, 6) is -2.99. The number of primary amides is 1. The Kier molecular flexibility index (Phi) is 7.88. The largest absolute Gasteiger partial charge is 0.480 e. The average Bonchev–Trinajstić information content (AvgIpc) is 3.26. The first-order chi connectivity index (χ1) is 13.6. The summed E-state index contributed by atoms with van der Waals surface area (Å²) in [5.41, 5.74) is 16.1. The maximum Gasteiger partial charge on any atom is 0.323 e. The number of ether oxygens (including phenoxy) is 2. The van der Waals surface area contributed by atoms with Gasteiger partial charge in [0.25, 0.3) is 5.91 Å². The fraction of sp³-hybridized carbons (Fsp3) is 0.643. The van der Waals surface area contributed by atoms with E-state index in [0.29, 0.717) is 0 Å². The lowest BCUT2D eigenvalue weighted by Crippen LogP contribution is -2.39. The van der Waals surface area contributed by atoms with E-state index < -0.39 is 61.1 Å². The van der Waals surface area contributed by atoms with Crippen LogP contribution in [0, 0.1) is 0 Å². The van der Waals surface area contributed by atoms with Crippen molar-refractivity contribution in [1.29, 1.82) is 0 Å². The van der Waals surface area contributed by atoms with Gasteiger partial charge in [-0.3, -0.25) is 14.4 Å². The zero-order valence-electron chi connectivity index (χ0n) is 15.0. The number of thioether (sulfide) groups is 1. The molecule has 1 aliphatic heterocycles. The Morgan fingerprint density at radius 3 is 2.48 bits per heavy atom. The van der Waals surface area contributed by atoms with E-state index in [2.05, 4.69) is 10.1 Å². The lowest BCUT2D eigenvalue weighted by Gasteiger charge is -2.17. The van der Waals surface area contributed by atoms with E-state index in [9.17, 15) is 24.6 Å². The SMILES string of the molecule is NC(=O)c1ncn([C@@H]2O[C@H](COC(=O)[C@H](N)CSC[C@@H](N)C(=O)O)[C@@H](O)[C@H]2O)n1. The number of nitrogens with zero attached hydrogens (tertiary/aromatic N) is 3. The van der Waals surface area contributed by atoms with Crippen LogP contribution in [0.15, 0.2) is 6.33 Å². The third kappa shape index (κ3) is 5.84. The summed E-state index contributed by atoms with van der Waals surface area (Å²) in [6.07, 6.45) is -3.99. The Labute approximate surface area is 168 Å². The number of aliphatic hydroxyl groups is 2. The van der Waals surface area contributed by atoms with Gasteiger partial charge in [-0.25, -0.2) is 9.67 Å². The minimum absolute atomic E-state index is 0.0693. The van der Waals surface area contributed by atoms with Gasteiger partial charge >= 0.3 is 11.9 Å². The molecule has 14 nitrogen and oxygen atoms in total. The second-order valence-corrected chi connectivity index (χ2v) is 7.25. The number of hydrogen-bond donors (Lipinski definition) is 6. The third-order valence-corrected chi connectivity index (χ3v) is 5.12. The number of aliphatic carboxylic acids is 1. The molecule has 2 heterocycles. The molecule has 1 aromatic rings. The van der Waals surface area contributed by atoms with Gasteiger partial charge in [-0.15, -0.1) is 5.10 Å². The molecule has 1 aliphatic rings. The molecule has 162 valence electrons. The Hall–Kier alpha value is -2.30. The Bertz CT molecular complexity index is 747. The maximum atomic E-state index is 11.9. The van der Waals surface area contributed by atoms with Crippen molar-refractivity contribution in [2.45, 2.75) is 36.6 Å². The van der Waals surface area contributed by atoms with Crippen molar-refractivity contribution in [3.63, 3.8) is 0 Å². The number of hydrogen-bond acceptors (Lipinski definition) is 12. The van der Waals surface area contributed by atoms with Crippen LogP contribution in [0.1, 0.15) is 16.8 Å². The summed E-state index contributed by atoms with van der Waals surface area (Å²) in [5, 5.41) is 32.6. The van der Waals surface area contributed by atoms with Crippen LogP contribution in [0.4, 0.5) is 0 Å². The van der Waals surface area contributed by atoms with Gasteiger partial charge in [0, 0.05) is 11.5 Å². The van der Waals surface area contributed by atoms with Gasteiger partial charge in [0.15, 0.2) is 6.23 Å². The molecule has 6 atom stereocenters. The molecular weight excluding hydrogens is 412 g/mol. The van der Waals surface area contributed by atoms with E-state index in [0.717, 1.165) is 22.8 Å². The van der Waals surface area contributed by atoms with Crippen molar-refractivity contribution >= 4 is 29.6 Å². The normalized spacial score (nSPS) is 26.1. The van der Waals surface area contributed by atoms with Crippen LogP contribution < -0.4 is 17.2 Å². The van der Waals surface area contributed by atoms with E-state index >= 15 is 0 Å². The van der Waals surface area contributed by atoms with E-state index in [1.54, 1.807) is 0 Å². The predicted molar refractivity (Wildman–Crippen MR) is 96.3 cm³/mol. The summed E-state index contributed by atoms with van der Waals surface area (Å²) in [6, 6.07) is -2.12. The van der Waals surface area contributed by atoms with Crippen LogP contribution in [-0.2, 0) is 19.1 Å². The standard InChI is InChI=1S/C14H22N6O8S/c15-5(13(24)25)2-29-3-6(16)14(26)27-1-7-8(21)9(22)12(28-7)20-4-18-11(19-20)10(17)23/h4-9,12,21-22H,1-3,15-16H2,(H2,17,23)(H,24,25)/t5-,6-,7-,8-,9-,12-/m1/s1. The highest BCUT2D eigenvalue weighted by atomic mass is 32.2. The van der Waals surface area contributed by atoms with Crippen molar-refractivity contribution in [3.05, 3.63) is 12.2 Å². The highest BCUT2D eigenvalue weighted by Crippen LogP contribution is 2.29. The number of carboxylic acid groups (broad SMARTS) is 1. The molecule has 0 unspecified atom stereocenters. The molecule has 0 aliphatic carbocycles. The number of carbonyl (C=O) groups is 3. The van der Waals surface area contributed by atoms with Gasteiger partial charge < -0.3 is 42.0 Å². The second kappa shape index (κ2) is 9.95. The first kappa shape index (κ1) is 23.0. The van der Waals surface area contributed by atoms with Gasteiger partial charge in [0.2, 0.25) is 5.82 Å². The van der Waals surface area contributed by atoms with Crippen LogP contribution >= 0.6 is 11.8 Å². The first-order valence-electron chi connectivity index (χ1n) is 8.32. The molecule has 1 saturated heterocycles. The van der Waals surface area contributed by atoms with Crippen molar-refractivity contribution < 1.29 is 39.2 Å². The molecule has 0 bridgehead atoms. The topological polar surface area (TPSA) is 239 Å². The van der Waals surface area contributed by atoms with E-state index in [1.807, 2.05) is 0 Å². The number of rotatable bonds is 10. The predicted octanol–water partition coefficient (Wildman–Crippen LogP) is -3.99. The number of carboxylic acids is 1. The number of amides is 1. The molecule has 0 aromatic carbocycles. The first-order valence-corrected chi connectivity index (χ1v) is 9.48. The van der Waals surface area contributed by atoms with Crippen LogP contribution in [0.25, 0.3) is 0 Å². The molecule has 9 N–H and O–H groups in total. The van der Waals surface area contributed by atoms with E-state index in [-0.39, 0.29) is 17.3 Å². The van der Waals surface area contributed by atoms with E-state index in [4.69, 9.17) is 31.8 Å². The zero-order valence-corrected chi connectivity index (χ0v) is 15.8. The Morgan fingerprint density at radius 2 is 1.90 bits per heavy atom.